The molecule has 1 atom stereocenters. The largest absolute Gasteiger partial charge is 0.417 e. The molecule has 0 amide bonds. The molecular weight excluding hydrogens is 423 g/mol. The summed E-state index contributed by atoms with van der Waals surface area (Å²) in [4.78, 5) is 22.8. The van der Waals surface area contributed by atoms with Crippen molar-refractivity contribution in [3.05, 3.63) is 57.1 Å². The lowest BCUT2D eigenvalue weighted by Crippen LogP contribution is -2.36. The highest BCUT2D eigenvalue weighted by atomic mass is 35.5. The van der Waals surface area contributed by atoms with Crippen molar-refractivity contribution in [2.75, 3.05) is 18.0 Å². The van der Waals surface area contributed by atoms with Gasteiger partial charge in [-0.05, 0) is 31.9 Å². The van der Waals surface area contributed by atoms with E-state index in [2.05, 4.69) is 25.3 Å². The van der Waals surface area contributed by atoms with Crippen LogP contribution in [0.2, 0.25) is 5.02 Å². The maximum absolute atomic E-state index is 12.7. The molecule has 0 bridgehead atoms. The lowest BCUT2D eigenvalue weighted by Gasteiger charge is -2.33. The van der Waals surface area contributed by atoms with Gasteiger partial charge in [0.2, 0.25) is 0 Å². The molecule has 1 aliphatic heterocycles. The third-order valence-electron chi connectivity index (χ3n) is 4.93. The van der Waals surface area contributed by atoms with Crippen molar-refractivity contribution < 1.29 is 13.2 Å². The summed E-state index contributed by atoms with van der Waals surface area (Å²) in [5, 5.41) is 11.1. The van der Waals surface area contributed by atoms with Crippen LogP contribution in [0.25, 0.3) is 5.82 Å². The predicted octanol–water partition coefficient (Wildman–Crippen LogP) is 3.11. The number of pyridine rings is 1. The minimum Gasteiger partial charge on any atom is -0.368 e. The summed E-state index contributed by atoms with van der Waals surface area (Å²) in [6.07, 6.45) is -0.671. The molecule has 4 heterocycles. The maximum Gasteiger partial charge on any atom is 0.417 e. The van der Waals surface area contributed by atoms with E-state index in [-0.39, 0.29) is 16.8 Å². The molecular formula is C18H17ClF3N7O. The van der Waals surface area contributed by atoms with E-state index < -0.39 is 17.3 Å². The quantitative estimate of drug-likeness (QED) is 0.674. The van der Waals surface area contributed by atoms with Crippen molar-refractivity contribution >= 4 is 17.3 Å². The summed E-state index contributed by atoms with van der Waals surface area (Å²) in [6, 6.07) is 1.92. The third kappa shape index (κ3) is 3.89. The van der Waals surface area contributed by atoms with Gasteiger partial charge in [-0.15, -0.1) is 0 Å². The number of nitrogens with one attached hydrogen (secondary N) is 1. The van der Waals surface area contributed by atoms with Gasteiger partial charge >= 0.3 is 6.18 Å². The van der Waals surface area contributed by atoms with Crippen LogP contribution in [0.4, 0.5) is 18.9 Å². The van der Waals surface area contributed by atoms with Gasteiger partial charge in [0.25, 0.3) is 5.56 Å². The summed E-state index contributed by atoms with van der Waals surface area (Å²) < 4.78 is 39.0. The fourth-order valence-electron chi connectivity index (χ4n) is 3.44. The second kappa shape index (κ2) is 7.71. The van der Waals surface area contributed by atoms with Crippen LogP contribution in [0.5, 0.6) is 0 Å². The molecule has 8 nitrogen and oxygen atoms in total. The average Bonchev–Trinajstić information content (AvgIpc) is 3.16. The van der Waals surface area contributed by atoms with Gasteiger partial charge in [0.05, 0.1) is 17.4 Å². The zero-order chi connectivity index (χ0) is 21.5. The van der Waals surface area contributed by atoms with E-state index in [1.807, 2.05) is 11.8 Å². The minimum absolute atomic E-state index is 0.0471. The average molecular weight is 440 g/mol. The third-order valence-corrected chi connectivity index (χ3v) is 5.29. The zero-order valence-electron chi connectivity index (χ0n) is 15.8. The molecule has 1 fully saturated rings. The number of alkyl halides is 3. The van der Waals surface area contributed by atoms with Gasteiger partial charge in [-0.25, -0.2) is 9.97 Å². The van der Waals surface area contributed by atoms with Crippen molar-refractivity contribution in [1.82, 2.24) is 29.9 Å². The highest BCUT2D eigenvalue weighted by molar-refractivity contribution is 6.33. The zero-order valence-corrected chi connectivity index (χ0v) is 16.6. The molecule has 4 rings (SSSR count). The molecule has 30 heavy (non-hydrogen) atoms. The first-order chi connectivity index (χ1) is 14.2. The summed E-state index contributed by atoms with van der Waals surface area (Å²) in [6.45, 7) is 3.08. The van der Waals surface area contributed by atoms with Crippen molar-refractivity contribution in [1.29, 1.82) is 0 Å². The number of hydrogen-bond acceptors (Lipinski definition) is 6. The Morgan fingerprint density at radius 1 is 1.27 bits per heavy atom. The highest BCUT2D eigenvalue weighted by Crippen LogP contribution is 2.31. The summed E-state index contributed by atoms with van der Waals surface area (Å²) in [7, 11) is 0. The van der Waals surface area contributed by atoms with Crippen LogP contribution in [-0.2, 0) is 6.18 Å². The van der Waals surface area contributed by atoms with E-state index in [0.717, 1.165) is 35.5 Å². The first kappa shape index (κ1) is 20.3. The fraction of sp³-hybridized carbons (Fsp3) is 0.389. The van der Waals surface area contributed by atoms with E-state index in [1.54, 1.807) is 0 Å². The summed E-state index contributed by atoms with van der Waals surface area (Å²) in [5.41, 5.74) is -1.11. The smallest absolute Gasteiger partial charge is 0.368 e. The topological polar surface area (TPSA) is 92.6 Å². The van der Waals surface area contributed by atoms with Crippen LogP contribution in [0.15, 0.2) is 29.3 Å². The van der Waals surface area contributed by atoms with Crippen LogP contribution >= 0.6 is 11.6 Å². The van der Waals surface area contributed by atoms with Crippen LogP contribution in [0.3, 0.4) is 0 Å². The van der Waals surface area contributed by atoms with Gasteiger partial charge in [-0.2, -0.15) is 28.1 Å². The van der Waals surface area contributed by atoms with Crippen molar-refractivity contribution in [2.45, 2.75) is 31.9 Å². The van der Waals surface area contributed by atoms with E-state index in [9.17, 15) is 18.0 Å². The number of aromatic amines is 1. The Hall–Kier alpha value is -2.95. The summed E-state index contributed by atoms with van der Waals surface area (Å²) in [5.74, 6) is 1.48. The lowest BCUT2D eigenvalue weighted by atomic mass is 9.97. The number of nitrogens with zero attached hydrogens (tertiary/aromatic N) is 6. The monoisotopic (exact) mass is 439 g/mol. The molecule has 3 aromatic rings. The Morgan fingerprint density at radius 2 is 2.07 bits per heavy atom. The van der Waals surface area contributed by atoms with Gasteiger partial charge in [-0.3, -0.25) is 9.89 Å². The Balaban J connectivity index is 1.60. The van der Waals surface area contributed by atoms with Crippen LogP contribution in [0, 0.1) is 6.92 Å². The first-order valence-electron chi connectivity index (χ1n) is 9.19. The van der Waals surface area contributed by atoms with Crippen LogP contribution in [-0.4, -0.2) is 43.0 Å². The molecule has 0 aromatic carbocycles. The van der Waals surface area contributed by atoms with E-state index in [4.69, 9.17) is 11.6 Å². The number of piperidine rings is 1. The van der Waals surface area contributed by atoms with Crippen molar-refractivity contribution in [2.24, 2.45) is 0 Å². The molecule has 0 saturated carbocycles. The van der Waals surface area contributed by atoms with Crippen molar-refractivity contribution in [3.63, 3.8) is 0 Å². The van der Waals surface area contributed by atoms with Gasteiger partial charge < -0.3 is 4.90 Å². The van der Waals surface area contributed by atoms with Crippen LogP contribution in [0.1, 0.15) is 36.0 Å². The number of hydrogen-bond donors (Lipinski definition) is 1. The molecule has 1 aliphatic rings. The second-order valence-electron chi connectivity index (χ2n) is 7.03. The molecule has 0 aliphatic carbocycles. The van der Waals surface area contributed by atoms with Gasteiger partial charge in [0, 0.05) is 25.2 Å². The molecule has 158 valence electrons. The lowest BCUT2D eigenvalue weighted by molar-refractivity contribution is -0.137. The summed E-state index contributed by atoms with van der Waals surface area (Å²) >= 11 is 6.32. The number of halogens is 4. The van der Waals surface area contributed by atoms with Gasteiger partial charge in [0.15, 0.2) is 11.6 Å². The number of rotatable bonds is 3. The molecule has 0 radical (unpaired) electrons. The van der Waals surface area contributed by atoms with E-state index in [0.29, 0.717) is 30.8 Å². The van der Waals surface area contributed by atoms with Crippen LogP contribution < -0.4 is 10.5 Å². The number of anilines is 1. The maximum atomic E-state index is 12.7. The van der Waals surface area contributed by atoms with Crippen molar-refractivity contribution in [3.8, 4) is 5.82 Å². The van der Waals surface area contributed by atoms with Gasteiger partial charge in [0.1, 0.15) is 10.8 Å². The predicted molar refractivity (Wildman–Crippen MR) is 103 cm³/mol. The normalized spacial score (nSPS) is 17.4. The number of aromatic nitrogens is 6. The molecule has 12 heteroatoms. The fourth-order valence-corrected chi connectivity index (χ4v) is 3.68. The Labute approximate surface area is 173 Å². The first-order valence-corrected chi connectivity index (χ1v) is 9.57. The molecule has 0 spiro atoms. The van der Waals surface area contributed by atoms with E-state index >= 15 is 0 Å². The standard InChI is InChI=1S/C18H17ClF3N7O/c1-10-25-16(27-26-10)11-3-2-6-28(9-11)13-8-24-29(17(30)15(13)19)14-5-4-12(7-23-14)18(20,21)22/h4-5,7-8,11H,2-3,6,9H2,1H3,(H,25,26,27). The Morgan fingerprint density at radius 3 is 2.70 bits per heavy atom. The number of aryl methyl sites for hydroxylation is 1. The molecule has 1 N–H and O–H groups in total. The highest BCUT2D eigenvalue weighted by Gasteiger charge is 2.31. The molecule has 1 unspecified atom stereocenters. The van der Waals surface area contributed by atoms with E-state index in [1.165, 1.54) is 6.20 Å². The second-order valence-corrected chi connectivity index (χ2v) is 7.41. The number of H-pyrrole nitrogens is 1. The molecule has 1 saturated heterocycles. The Bertz CT molecular complexity index is 1110. The minimum atomic E-state index is -4.52. The van der Waals surface area contributed by atoms with Gasteiger partial charge in [-0.1, -0.05) is 11.6 Å². The molecule has 3 aromatic heterocycles. The SMILES string of the molecule is Cc1nc(C2CCCN(c3cnn(-c4ccc(C(F)(F)F)cn4)c(=O)c3Cl)C2)n[nH]1. The Kier molecular flexibility index (Phi) is 5.22.